The smallest absolute Gasteiger partial charge is 0.251 e. The Labute approximate surface area is 145 Å². The van der Waals surface area contributed by atoms with E-state index in [2.05, 4.69) is 5.32 Å². The van der Waals surface area contributed by atoms with Gasteiger partial charge in [-0.15, -0.1) is 0 Å². The van der Waals surface area contributed by atoms with E-state index in [1.807, 2.05) is 30.3 Å². The second kappa shape index (κ2) is 7.93. The minimum atomic E-state index is -0.181. The molecule has 2 aromatic carbocycles. The summed E-state index contributed by atoms with van der Waals surface area (Å²) in [6, 6.07) is 12.9. The Morgan fingerprint density at radius 2 is 2.00 bits per heavy atom. The lowest BCUT2D eigenvalue weighted by molar-refractivity contribution is 0.0952. The van der Waals surface area contributed by atoms with E-state index in [9.17, 15) is 4.79 Å². The lowest BCUT2D eigenvalue weighted by atomic mass is 10.2. The van der Waals surface area contributed by atoms with Gasteiger partial charge in [0.2, 0.25) is 6.79 Å². The summed E-state index contributed by atoms with van der Waals surface area (Å²) in [5, 5.41) is 3.25. The van der Waals surface area contributed by atoms with Crippen LogP contribution in [0.4, 0.5) is 0 Å². The first kappa shape index (κ1) is 16.5. The highest BCUT2D eigenvalue weighted by Gasteiger charge is 2.20. The first-order valence-corrected chi connectivity index (χ1v) is 8.17. The van der Waals surface area contributed by atoms with Crippen molar-refractivity contribution in [1.82, 2.24) is 5.32 Å². The number of fused-ring (bicyclic) bond motifs is 1. The van der Waals surface area contributed by atoms with Crippen LogP contribution >= 0.6 is 11.6 Å². The molecule has 3 rings (SSSR count). The summed E-state index contributed by atoms with van der Waals surface area (Å²) < 4.78 is 16.1. The molecular weight excluding hydrogens is 330 g/mol. The van der Waals surface area contributed by atoms with Crippen molar-refractivity contribution >= 4 is 17.5 Å². The van der Waals surface area contributed by atoms with E-state index in [0.29, 0.717) is 35.2 Å². The Balaban J connectivity index is 1.39. The van der Waals surface area contributed by atoms with Crippen LogP contribution in [-0.2, 0) is 0 Å². The largest absolute Gasteiger partial charge is 0.494 e. The molecule has 1 heterocycles. The summed E-state index contributed by atoms with van der Waals surface area (Å²) in [5.41, 5.74) is 0.463. The van der Waals surface area contributed by atoms with Gasteiger partial charge in [0.1, 0.15) is 5.75 Å². The summed E-state index contributed by atoms with van der Waals surface area (Å²) in [6.07, 6.45) is 1.69. The third-order valence-corrected chi connectivity index (χ3v) is 3.84. The molecule has 6 heteroatoms. The van der Waals surface area contributed by atoms with Crippen molar-refractivity contribution in [2.75, 3.05) is 19.9 Å². The van der Waals surface area contributed by atoms with Gasteiger partial charge in [-0.2, -0.15) is 0 Å². The van der Waals surface area contributed by atoms with Crippen LogP contribution in [0.15, 0.2) is 42.5 Å². The highest BCUT2D eigenvalue weighted by Crippen LogP contribution is 2.39. The molecule has 0 saturated carbocycles. The molecule has 0 spiro atoms. The summed E-state index contributed by atoms with van der Waals surface area (Å²) in [6.45, 7) is 1.32. The minimum Gasteiger partial charge on any atom is -0.494 e. The number of carbonyl (C=O) groups excluding carboxylic acids is 1. The second-order valence-corrected chi connectivity index (χ2v) is 5.72. The summed E-state index contributed by atoms with van der Waals surface area (Å²) in [4.78, 5) is 12.2. The molecule has 24 heavy (non-hydrogen) atoms. The van der Waals surface area contributed by atoms with Crippen molar-refractivity contribution in [2.24, 2.45) is 0 Å². The molecule has 0 aliphatic carbocycles. The number of benzene rings is 2. The fraction of sp³-hybridized carbons (Fsp3) is 0.278. The van der Waals surface area contributed by atoms with Crippen LogP contribution in [0.5, 0.6) is 17.2 Å². The van der Waals surface area contributed by atoms with Crippen LogP contribution in [-0.4, -0.2) is 25.9 Å². The van der Waals surface area contributed by atoms with Crippen LogP contribution in [0.1, 0.15) is 23.2 Å². The maximum Gasteiger partial charge on any atom is 0.251 e. The number of carbonyl (C=O) groups is 1. The fourth-order valence-corrected chi connectivity index (χ4v) is 2.60. The van der Waals surface area contributed by atoms with E-state index < -0.39 is 0 Å². The van der Waals surface area contributed by atoms with Gasteiger partial charge < -0.3 is 19.5 Å². The van der Waals surface area contributed by atoms with Crippen molar-refractivity contribution in [2.45, 2.75) is 12.8 Å². The van der Waals surface area contributed by atoms with E-state index >= 15 is 0 Å². The third kappa shape index (κ3) is 4.11. The van der Waals surface area contributed by atoms with Gasteiger partial charge in [0, 0.05) is 12.1 Å². The average molecular weight is 348 g/mol. The maximum absolute atomic E-state index is 12.2. The van der Waals surface area contributed by atoms with Gasteiger partial charge in [-0.05, 0) is 37.1 Å². The number of rotatable bonds is 7. The molecule has 1 N–H and O–H groups in total. The molecule has 126 valence electrons. The molecule has 0 aromatic heterocycles. The van der Waals surface area contributed by atoms with E-state index in [1.54, 1.807) is 12.1 Å². The highest BCUT2D eigenvalue weighted by atomic mass is 35.5. The van der Waals surface area contributed by atoms with Crippen molar-refractivity contribution < 1.29 is 19.0 Å². The number of amides is 1. The lowest BCUT2D eigenvalue weighted by Gasteiger charge is -2.08. The van der Waals surface area contributed by atoms with Gasteiger partial charge in [-0.25, -0.2) is 0 Å². The molecule has 0 bridgehead atoms. The van der Waals surface area contributed by atoms with Crippen LogP contribution in [0.2, 0.25) is 5.02 Å². The Morgan fingerprint density at radius 3 is 2.83 bits per heavy atom. The van der Waals surface area contributed by atoms with Crippen molar-refractivity contribution in [3.8, 4) is 17.2 Å². The van der Waals surface area contributed by atoms with Crippen LogP contribution in [0.3, 0.4) is 0 Å². The zero-order chi connectivity index (χ0) is 16.8. The van der Waals surface area contributed by atoms with Gasteiger partial charge in [0.15, 0.2) is 11.5 Å². The molecule has 5 nitrogen and oxygen atoms in total. The van der Waals surface area contributed by atoms with Gasteiger partial charge in [-0.3, -0.25) is 4.79 Å². The highest BCUT2D eigenvalue weighted by molar-refractivity contribution is 6.32. The van der Waals surface area contributed by atoms with Gasteiger partial charge >= 0.3 is 0 Å². The number of unbranched alkanes of at least 4 members (excludes halogenated alkanes) is 1. The number of nitrogens with one attached hydrogen (secondary N) is 1. The van der Waals surface area contributed by atoms with Crippen molar-refractivity contribution in [1.29, 1.82) is 0 Å². The maximum atomic E-state index is 12.2. The number of ether oxygens (including phenoxy) is 3. The standard InChI is InChI=1S/C18H18ClNO4/c19-15-10-13(11-16-17(15)24-12-23-16)18(21)20-8-4-5-9-22-14-6-2-1-3-7-14/h1-3,6-7,10-11H,4-5,8-9,12H2,(H,20,21). The van der Waals surface area contributed by atoms with E-state index in [0.717, 1.165) is 18.6 Å². The molecule has 0 atom stereocenters. The number of hydrogen-bond acceptors (Lipinski definition) is 4. The Morgan fingerprint density at radius 1 is 1.17 bits per heavy atom. The van der Waals surface area contributed by atoms with Crippen molar-refractivity contribution in [3.63, 3.8) is 0 Å². The lowest BCUT2D eigenvalue weighted by Crippen LogP contribution is -2.24. The predicted molar refractivity (Wildman–Crippen MR) is 91.1 cm³/mol. The summed E-state index contributed by atoms with van der Waals surface area (Å²) in [5.74, 6) is 1.67. The zero-order valence-electron chi connectivity index (χ0n) is 13.1. The van der Waals surface area contributed by atoms with E-state index in [1.165, 1.54) is 0 Å². The summed E-state index contributed by atoms with van der Waals surface area (Å²) in [7, 11) is 0. The monoisotopic (exact) mass is 347 g/mol. The molecule has 2 aromatic rings. The van der Waals surface area contributed by atoms with E-state index in [-0.39, 0.29) is 12.7 Å². The number of hydrogen-bond donors (Lipinski definition) is 1. The van der Waals surface area contributed by atoms with Crippen LogP contribution in [0.25, 0.3) is 0 Å². The number of halogens is 1. The molecule has 1 aliphatic rings. The predicted octanol–water partition coefficient (Wildman–Crippen LogP) is 3.66. The van der Waals surface area contributed by atoms with Crippen molar-refractivity contribution in [3.05, 3.63) is 53.1 Å². The molecular formula is C18H18ClNO4. The van der Waals surface area contributed by atoms with Gasteiger partial charge in [0.05, 0.1) is 11.6 Å². The fourth-order valence-electron chi connectivity index (χ4n) is 2.34. The quantitative estimate of drug-likeness (QED) is 0.777. The Bertz CT molecular complexity index is 706. The van der Waals surface area contributed by atoms with Gasteiger partial charge in [-0.1, -0.05) is 29.8 Å². The molecule has 0 unspecified atom stereocenters. The Kier molecular flexibility index (Phi) is 5.43. The zero-order valence-corrected chi connectivity index (χ0v) is 13.8. The minimum absolute atomic E-state index is 0.127. The first-order valence-electron chi connectivity index (χ1n) is 7.79. The normalized spacial score (nSPS) is 12.0. The topological polar surface area (TPSA) is 56.8 Å². The molecule has 0 saturated heterocycles. The van der Waals surface area contributed by atoms with Crippen LogP contribution < -0.4 is 19.5 Å². The second-order valence-electron chi connectivity index (χ2n) is 5.32. The molecule has 0 fully saturated rings. The SMILES string of the molecule is O=C(NCCCCOc1ccccc1)c1cc(Cl)c2c(c1)OCO2. The van der Waals surface area contributed by atoms with Gasteiger partial charge in [0.25, 0.3) is 5.91 Å². The average Bonchev–Trinajstić information content (AvgIpc) is 3.08. The Hall–Kier alpha value is -2.40. The number of para-hydroxylation sites is 1. The van der Waals surface area contributed by atoms with E-state index in [4.69, 9.17) is 25.8 Å². The first-order chi connectivity index (χ1) is 11.7. The molecule has 1 aliphatic heterocycles. The third-order valence-electron chi connectivity index (χ3n) is 3.56. The molecule has 0 radical (unpaired) electrons. The summed E-state index contributed by atoms with van der Waals surface area (Å²) >= 11 is 6.08. The molecule has 1 amide bonds. The van der Waals surface area contributed by atoms with Crippen LogP contribution in [0, 0.1) is 0 Å².